The fraction of sp³-hybridized carbons (Fsp3) is 0.500. The van der Waals surface area contributed by atoms with E-state index in [2.05, 4.69) is 4.98 Å². The minimum absolute atomic E-state index is 0.0976. The van der Waals surface area contributed by atoms with Crippen molar-refractivity contribution in [1.82, 2.24) is 4.98 Å². The van der Waals surface area contributed by atoms with Crippen LogP contribution in [0.3, 0.4) is 0 Å². The van der Waals surface area contributed by atoms with Gasteiger partial charge in [-0.1, -0.05) is 0 Å². The maximum absolute atomic E-state index is 14.2. The van der Waals surface area contributed by atoms with Gasteiger partial charge >= 0.3 is 0 Å². The van der Waals surface area contributed by atoms with E-state index in [4.69, 9.17) is 5.73 Å². The molecule has 0 aromatic carbocycles. The highest BCUT2D eigenvalue weighted by Crippen LogP contribution is 2.42. The van der Waals surface area contributed by atoms with Crippen molar-refractivity contribution in [2.24, 2.45) is 5.73 Å². The number of rotatable bonds is 1. The normalized spacial score (nSPS) is 32.1. The van der Waals surface area contributed by atoms with Gasteiger partial charge in [-0.2, -0.15) is 0 Å². The first-order chi connectivity index (χ1) is 6.62. The molecule has 2 N–H and O–H groups in total. The molecule has 1 aromatic heterocycles. The fourth-order valence-corrected chi connectivity index (χ4v) is 2.02. The first-order valence-electron chi connectivity index (χ1n) is 4.66. The smallest absolute Gasteiger partial charge is 0.147 e. The van der Waals surface area contributed by atoms with Gasteiger partial charge < -0.3 is 5.73 Å². The van der Waals surface area contributed by atoms with Gasteiger partial charge in [-0.25, -0.2) is 8.78 Å². The summed E-state index contributed by atoms with van der Waals surface area (Å²) in [4.78, 5) is 3.59. The average molecular weight is 198 g/mol. The van der Waals surface area contributed by atoms with Crippen molar-refractivity contribution in [2.75, 3.05) is 0 Å². The van der Waals surface area contributed by atoms with Gasteiger partial charge in [-0.05, 0) is 18.9 Å². The van der Waals surface area contributed by atoms with Crippen molar-refractivity contribution in [2.45, 2.75) is 31.0 Å². The Morgan fingerprint density at radius 2 is 2.36 bits per heavy atom. The first kappa shape index (κ1) is 9.52. The topological polar surface area (TPSA) is 38.9 Å². The van der Waals surface area contributed by atoms with Crippen LogP contribution in [0.25, 0.3) is 0 Å². The molecule has 0 aliphatic heterocycles. The zero-order chi connectivity index (χ0) is 10.2. The van der Waals surface area contributed by atoms with Gasteiger partial charge in [0.2, 0.25) is 0 Å². The minimum Gasteiger partial charge on any atom is -0.328 e. The van der Waals surface area contributed by atoms with Crippen molar-refractivity contribution in [3.8, 4) is 0 Å². The van der Waals surface area contributed by atoms with Crippen LogP contribution < -0.4 is 5.73 Å². The third-order valence-electron chi connectivity index (χ3n) is 2.75. The van der Waals surface area contributed by atoms with Crippen LogP contribution in [0.4, 0.5) is 8.78 Å². The summed E-state index contributed by atoms with van der Waals surface area (Å²) < 4.78 is 27.5. The molecule has 1 aromatic rings. The largest absolute Gasteiger partial charge is 0.328 e. The highest BCUT2D eigenvalue weighted by atomic mass is 19.1. The standard InChI is InChI=1S/C10H12F2N2/c11-9-6-14-4-2-8(9)10(12)3-1-7(13)5-10/h2,4,6-7H,1,3,5,13H2. The van der Waals surface area contributed by atoms with Crippen LogP contribution in [0.1, 0.15) is 24.8 Å². The molecular weight excluding hydrogens is 186 g/mol. The first-order valence-corrected chi connectivity index (χ1v) is 4.66. The van der Waals surface area contributed by atoms with Gasteiger partial charge in [0.15, 0.2) is 0 Å². The molecule has 2 atom stereocenters. The third-order valence-corrected chi connectivity index (χ3v) is 2.75. The number of hydrogen-bond donors (Lipinski definition) is 1. The molecule has 1 aliphatic carbocycles. The van der Waals surface area contributed by atoms with E-state index >= 15 is 0 Å². The molecule has 2 nitrogen and oxygen atoms in total. The molecule has 2 unspecified atom stereocenters. The number of halogens is 2. The lowest BCUT2D eigenvalue weighted by molar-refractivity contribution is 0.166. The van der Waals surface area contributed by atoms with E-state index < -0.39 is 11.5 Å². The Kier molecular flexibility index (Phi) is 2.23. The average Bonchev–Trinajstić information content (AvgIpc) is 2.48. The second-order valence-electron chi connectivity index (χ2n) is 3.82. The number of pyridine rings is 1. The van der Waals surface area contributed by atoms with E-state index in [1.807, 2.05) is 0 Å². The number of nitrogens with two attached hydrogens (primary N) is 1. The molecule has 0 saturated heterocycles. The Hall–Kier alpha value is -1.03. The van der Waals surface area contributed by atoms with Gasteiger partial charge in [-0.15, -0.1) is 0 Å². The molecule has 76 valence electrons. The molecule has 1 saturated carbocycles. The third kappa shape index (κ3) is 1.50. The molecule has 14 heavy (non-hydrogen) atoms. The SMILES string of the molecule is NC1CCC(F)(c2ccncc2F)C1. The zero-order valence-corrected chi connectivity index (χ0v) is 7.71. The van der Waals surface area contributed by atoms with Crippen LogP contribution in [0.2, 0.25) is 0 Å². The van der Waals surface area contributed by atoms with Crippen molar-refractivity contribution in [3.63, 3.8) is 0 Å². The number of hydrogen-bond acceptors (Lipinski definition) is 2. The molecule has 1 fully saturated rings. The van der Waals surface area contributed by atoms with Gasteiger partial charge in [-0.3, -0.25) is 4.98 Å². The van der Waals surface area contributed by atoms with E-state index in [9.17, 15) is 8.78 Å². The maximum atomic E-state index is 14.2. The minimum atomic E-state index is -1.59. The Bertz CT molecular complexity index is 343. The lowest BCUT2D eigenvalue weighted by atomic mass is 9.94. The second kappa shape index (κ2) is 3.28. The molecule has 1 heterocycles. The molecule has 0 radical (unpaired) electrons. The summed E-state index contributed by atoms with van der Waals surface area (Å²) in [5.41, 5.74) is 4.13. The van der Waals surface area contributed by atoms with Gasteiger partial charge in [0, 0.05) is 24.2 Å². The van der Waals surface area contributed by atoms with Crippen molar-refractivity contribution >= 4 is 0 Å². The molecule has 4 heteroatoms. The Morgan fingerprint density at radius 1 is 1.57 bits per heavy atom. The van der Waals surface area contributed by atoms with Gasteiger partial charge in [0.1, 0.15) is 11.5 Å². The predicted octanol–water partition coefficient (Wildman–Crippen LogP) is 1.90. The number of alkyl halides is 1. The summed E-state index contributed by atoms with van der Waals surface area (Å²) in [7, 11) is 0. The second-order valence-corrected chi connectivity index (χ2v) is 3.82. The molecule has 1 aliphatic rings. The van der Waals surface area contributed by atoms with Gasteiger partial charge in [0.05, 0.1) is 6.20 Å². The quantitative estimate of drug-likeness (QED) is 0.748. The fourth-order valence-electron chi connectivity index (χ4n) is 2.02. The summed E-state index contributed by atoms with van der Waals surface area (Å²) in [6.45, 7) is 0. The van der Waals surface area contributed by atoms with E-state index in [-0.39, 0.29) is 18.0 Å². The summed E-state index contributed by atoms with van der Waals surface area (Å²) in [6.07, 6.45) is 3.56. The lowest BCUT2D eigenvalue weighted by Crippen LogP contribution is -2.22. The summed E-state index contributed by atoms with van der Waals surface area (Å²) in [6, 6.07) is 1.24. The molecule has 0 bridgehead atoms. The van der Waals surface area contributed by atoms with E-state index in [0.717, 1.165) is 6.20 Å². The van der Waals surface area contributed by atoms with Crippen LogP contribution in [0.15, 0.2) is 18.5 Å². The van der Waals surface area contributed by atoms with E-state index in [1.54, 1.807) is 0 Å². The summed E-state index contributed by atoms with van der Waals surface area (Å²) in [5.74, 6) is -0.580. The highest BCUT2D eigenvalue weighted by Gasteiger charge is 2.41. The number of nitrogens with zero attached hydrogens (tertiary/aromatic N) is 1. The molecular formula is C10H12F2N2. The molecule has 0 spiro atoms. The molecule has 2 rings (SSSR count). The summed E-state index contributed by atoms with van der Waals surface area (Å²) in [5, 5.41) is 0. The van der Waals surface area contributed by atoms with Crippen LogP contribution in [-0.4, -0.2) is 11.0 Å². The van der Waals surface area contributed by atoms with Crippen molar-refractivity contribution in [3.05, 3.63) is 29.8 Å². The monoisotopic (exact) mass is 198 g/mol. The Morgan fingerprint density at radius 3 is 2.93 bits per heavy atom. The van der Waals surface area contributed by atoms with E-state index in [1.165, 1.54) is 12.3 Å². The van der Waals surface area contributed by atoms with Crippen LogP contribution in [0.5, 0.6) is 0 Å². The van der Waals surface area contributed by atoms with Gasteiger partial charge in [0.25, 0.3) is 0 Å². The van der Waals surface area contributed by atoms with Crippen molar-refractivity contribution < 1.29 is 8.78 Å². The lowest BCUT2D eigenvalue weighted by Gasteiger charge is -2.19. The van der Waals surface area contributed by atoms with Crippen LogP contribution in [0, 0.1) is 5.82 Å². The Balaban J connectivity index is 2.35. The molecule has 0 amide bonds. The highest BCUT2D eigenvalue weighted by molar-refractivity contribution is 5.23. The Labute approximate surface area is 81.1 Å². The van der Waals surface area contributed by atoms with Crippen LogP contribution in [-0.2, 0) is 5.67 Å². The van der Waals surface area contributed by atoms with E-state index in [0.29, 0.717) is 12.8 Å². The predicted molar refractivity (Wildman–Crippen MR) is 48.8 cm³/mol. The zero-order valence-electron chi connectivity index (χ0n) is 7.71. The number of aromatic nitrogens is 1. The van der Waals surface area contributed by atoms with Crippen LogP contribution >= 0.6 is 0 Å². The summed E-state index contributed by atoms with van der Waals surface area (Å²) >= 11 is 0. The maximum Gasteiger partial charge on any atom is 0.147 e. The van der Waals surface area contributed by atoms with Crippen molar-refractivity contribution in [1.29, 1.82) is 0 Å².